The summed E-state index contributed by atoms with van der Waals surface area (Å²) >= 11 is 1.25. The molecule has 0 atom stereocenters. The minimum atomic E-state index is -0.614. The van der Waals surface area contributed by atoms with Gasteiger partial charge in [-0.1, -0.05) is 6.07 Å². The SMILES string of the molecule is O=C(NC1(CO)CCOCC1)c1cc2ccc(F)cc2s1. The second-order valence-corrected chi connectivity index (χ2v) is 6.38. The monoisotopic (exact) mass is 309 g/mol. The van der Waals surface area contributed by atoms with Crippen LogP contribution in [0.3, 0.4) is 0 Å². The van der Waals surface area contributed by atoms with Crippen molar-refractivity contribution in [2.45, 2.75) is 18.4 Å². The molecule has 0 unspecified atom stereocenters. The van der Waals surface area contributed by atoms with Crippen LogP contribution in [0.2, 0.25) is 0 Å². The molecule has 1 saturated heterocycles. The van der Waals surface area contributed by atoms with Crippen molar-refractivity contribution in [3.63, 3.8) is 0 Å². The lowest BCUT2D eigenvalue weighted by molar-refractivity contribution is 0.0126. The number of nitrogens with one attached hydrogen (secondary N) is 1. The molecular formula is C15H16FNO3S. The zero-order valence-electron chi connectivity index (χ0n) is 11.4. The Hall–Kier alpha value is -1.50. The minimum Gasteiger partial charge on any atom is -0.394 e. The van der Waals surface area contributed by atoms with E-state index in [1.54, 1.807) is 12.1 Å². The standard InChI is InChI=1S/C15H16FNO3S/c16-11-2-1-10-7-13(21-12(10)8-11)14(19)17-15(9-18)3-5-20-6-4-15/h1-2,7-8,18H,3-6,9H2,(H,17,19). The number of carbonyl (C=O) groups excluding carboxylic acids is 1. The third-order valence-corrected chi connectivity index (χ3v) is 4.93. The van der Waals surface area contributed by atoms with Crippen LogP contribution in [0.15, 0.2) is 24.3 Å². The average Bonchev–Trinajstić information content (AvgIpc) is 2.91. The van der Waals surface area contributed by atoms with Crippen LogP contribution in [0.25, 0.3) is 10.1 Å². The molecule has 2 heterocycles. The van der Waals surface area contributed by atoms with Crippen LogP contribution >= 0.6 is 11.3 Å². The van der Waals surface area contributed by atoms with Gasteiger partial charge in [0.15, 0.2) is 0 Å². The number of carbonyl (C=O) groups is 1. The summed E-state index contributed by atoms with van der Waals surface area (Å²) in [4.78, 5) is 12.9. The molecule has 112 valence electrons. The first-order valence-corrected chi connectivity index (χ1v) is 7.64. The number of benzene rings is 1. The number of amides is 1. The van der Waals surface area contributed by atoms with E-state index in [9.17, 15) is 14.3 Å². The molecule has 1 aromatic carbocycles. The summed E-state index contributed by atoms with van der Waals surface area (Å²) in [5.41, 5.74) is -0.614. The Morgan fingerprint density at radius 3 is 2.86 bits per heavy atom. The van der Waals surface area contributed by atoms with Gasteiger partial charge in [0.05, 0.1) is 17.0 Å². The molecule has 1 fully saturated rings. The predicted molar refractivity (Wildman–Crippen MR) is 79.1 cm³/mol. The van der Waals surface area contributed by atoms with Gasteiger partial charge in [0.1, 0.15) is 5.82 Å². The maximum Gasteiger partial charge on any atom is 0.261 e. The number of rotatable bonds is 3. The number of halogens is 1. The van der Waals surface area contributed by atoms with Gasteiger partial charge in [0.2, 0.25) is 0 Å². The van der Waals surface area contributed by atoms with E-state index in [0.717, 1.165) is 10.1 Å². The Kier molecular flexibility index (Phi) is 3.93. The van der Waals surface area contributed by atoms with Gasteiger partial charge in [0.25, 0.3) is 5.91 Å². The van der Waals surface area contributed by atoms with Crippen LogP contribution in [0.1, 0.15) is 22.5 Å². The fraction of sp³-hybridized carbons (Fsp3) is 0.400. The number of ether oxygens (including phenoxy) is 1. The van der Waals surface area contributed by atoms with Gasteiger partial charge in [0, 0.05) is 17.9 Å². The molecule has 3 rings (SSSR count). The van der Waals surface area contributed by atoms with Gasteiger partial charge < -0.3 is 15.2 Å². The Morgan fingerprint density at radius 1 is 1.38 bits per heavy atom. The largest absolute Gasteiger partial charge is 0.394 e. The fourth-order valence-corrected chi connectivity index (χ4v) is 3.49. The van der Waals surface area contributed by atoms with Gasteiger partial charge in [-0.05, 0) is 36.4 Å². The quantitative estimate of drug-likeness (QED) is 0.915. The first-order chi connectivity index (χ1) is 10.1. The van der Waals surface area contributed by atoms with E-state index >= 15 is 0 Å². The zero-order chi connectivity index (χ0) is 14.9. The Morgan fingerprint density at radius 2 is 2.14 bits per heavy atom. The Bertz CT molecular complexity index is 664. The van der Waals surface area contributed by atoms with Crippen LogP contribution < -0.4 is 5.32 Å². The van der Waals surface area contributed by atoms with E-state index in [1.807, 2.05) is 0 Å². The summed E-state index contributed by atoms with van der Waals surface area (Å²) < 4.78 is 19.2. The highest BCUT2D eigenvalue weighted by molar-refractivity contribution is 7.20. The number of thiophene rings is 1. The van der Waals surface area contributed by atoms with Gasteiger partial charge in [-0.3, -0.25) is 4.79 Å². The van der Waals surface area contributed by atoms with Crippen molar-refractivity contribution in [1.29, 1.82) is 0 Å². The Labute approximate surface area is 125 Å². The first kappa shape index (κ1) is 14.4. The molecular weight excluding hydrogens is 293 g/mol. The van der Waals surface area contributed by atoms with E-state index in [4.69, 9.17) is 4.74 Å². The van der Waals surface area contributed by atoms with E-state index in [0.29, 0.717) is 30.9 Å². The third kappa shape index (κ3) is 2.92. The second-order valence-electron chi connectivity index (χ2n) is 5.30. The summed E-state index contributed by atoms with van der Waals surface area (Å²) in [6.45, 7) is 0.943. The van der Waals surface area contributed by atoms with Crippen molar-refractivity contribution < 1.29 is 19.0 Å². The highest BCUT2D eigenvalue weighted by Crippen LogP contribution is 2.28. The molecule has 0 bridgehead atoms. The lowest BCUT2D eigenvalue weighted by Gasteiger charge is -2.36. The summed E-state index contributed by atoms with van der Waals surface area (Å²) in [6.07, 6.45) is 1.18. The molecule has 4 nitrogen and oxygen atoms in total. The van der Waals surface area contributed by atoms with Gasteiger partial charge in [-0.25, -0.2) is 4.39 Å². The number of fused-ring (bicyclic) bond motifs is 1. The smallest absolute Gasteiger partial charge is 0.261 e. The normalized spacial score (nSPS) is 17.8. The van der Waals surface area contributed by atoms with Crippen LogP contribution in [0.4, 0.5) is 4.39 Å². The van der Waals surface area contributed by atoms with Gasteiger partial charge in [-0.2, -0.15) is 0 Å². The number of aliphatic hydroxyl groups excluding tert-OH is 1. The highest BCUT2D eigenvalue weighted by Gasteiger charge is 2.34. The Balaban J connectivity index is 1.82. The molecule has 2 aromatic rings. The minimum absolute atomic E-state index is 0.110. The van der Waals surface area contributed by atoms with E-state index in [1.165, 1.54) is 23.5 Å². The molecule has 2 N–H and O–H groups in total. The lowest BCUT2D eigenvalue weighted by Crippen LogP contribution is -2.54. The number of hydrogen-bond acceptors (Lipinski definition) is 4. The number of hydrogen-bond donors (Lipinski definition) is 2. The first-order valence-electron chi connectivity index (χ1n) is 6.82. The van der Waals surface area contributed by atoms with Crippen molar-refractivity contribution in [3.8, 4) is 0 Å². The summed E-state index contributed by atoms with van der Waals surface area (Å²) in [5.74, 6) is -0.542. The maximum atomic E-state index is 13.2. The van der Waals surface area contributed by atoms with Crippen molar-refractivity contribution in [3.05, 3.63) is 35.0 Å². The third-order valence-electron chi connectivity index (χ3n) is 3.84. The number of aliphatic hydroxyl groups is 1. The van der Waals surface area contributed by atoms with E-state index in [2.05, 4.69) is 5.32 Å². The second kappa shape index (κ2) is 5.71. The van der Waals surface area contributed by atoms with Crippen LogP contribution in [-0.4, -0.2) is 36.4 Å². The fourth-order valence-electron chi connectivity index (χ4n) is 2.50. The topological polar surface area (TPSA) is 58.6 Å². The molecule has 21 heavy (non-hydrogen) atoms. The predicted octanol–water partition coefficient (Wildman–Crippen LogP) is 2.31. The molecule has 1 aliphatic heterocycles. The molecule has 0 saturated carbocycles. The van der Waals surface area contributed by atoms with Gasteiger partial charge >= 0.3 is 0 Å². The molecule has 6 heteroatoms. The van der Waals surface area contributed by atoms with Crippen molar-refractivity contribution in [2.75, 3.05) is 19.8 Å². The highest BCUT2D eigenvalue weighted by atomic mass is 32.1. The van der Waals surface area contributed by atoms with Crippen LogP contribution in [0, 0.1) is 5.82 Å². The molecule has 0 radical (unpaired) electrons. The summed E-state index contributed by atoms with van der Waals surface area (Å²) in [7, 11) is 0. The molecule has 1 aromatic heterocycles. The maximum absolute atomic E-state index is 13.2. The summed E-state index contributed by atoms with van der Waals surface area (Å²) in [6, 6.07) is 6.21. The van der Waals surface area contributed by atoms with E-state index in [-0.39, 0.29) is 18.3 Å². The molecule has 0 aliphatic carbocycles. The lowest BCUT2D eigenvalue weighted by atomic mass is 9.91. The van der Waals surface area contributed by atoms with Crippen LogP contribution in [0.5, 0.6) is 0 Å². The summed E-state index contributed by atoms with van der Waals surface area (Å²) in [5, 5.41) is 13.4. The van der Waals surface area contributed by atoms with Gasteiger partial charge in [-0.15, -0.1) is 11.3 Å². The molecule has 0 spiro atoms. The average molecular weight is 309 g/mol. The van der Waals surface area contributed by atoms with Crippen molar-refractivity contribution >= 4 is 27.3 Å². The van der Waals surface area contributed by atoms with Crippen molar-refractivity contribution in [2.24, 2.45) is 0 Å². The molecule has 1 amide bonds. The molecule has 1 aliphatic rings. The van der Waals surface area contributed by atoms with E-state index < -0.39 is 5.54 Å². The zero-order valence-corrected chi connectivity index (χ0v) is 12.2. The van der Waals surface area contributed by atoms with Crippen LogP contribution in [-0.2, 0) is 4.74 Å². The van der Waals surface area contributed by atoms with Crippen molar-refractivity contribution in [1.82, 2.24) is 5.32 Å².